The molecule has 1 saturated carbocycles. The maximum Gasteiger partial charge on any atom is 0.273 e. The van der Waals surface area contributed by atoms with E-state index in [1.165, 1.54) is 6.42 Å². The first-order valence-corrected chi connectivity index (χ1v) is 12.2. The molecule has 4 rings (SSSR count). The monoisotopic (exact) mass is 467 g/mol. The van der Waals surface area contributed by atoms with Gasteiger partial charge in [-0.2, -0.15) is 0 Å². The number of halogens is 1. The van der Waals surface area contributed by atoms with Crippen molar-refractivity contribution in [1.29, 1.82) is 0 Å². The molecule has 1 N–H and O–H groups in total. The molecule has 1 aliphatic rings. The molecule has 0 saturated heterocycles. The topological polar surface area (TPSA) is 62.3 Å². The summed E-state index contributed by atoms with van der Waals surface area (Å²) in [5.41, 5.74) is 1.04. The van der Waals surface area contributed by atoms with Gasteiger partial charge < -0.3 is 10.2 Å². The third-order valence-electron chi connectivity index (χ3n) is 5.75. The van der Waals surface area contributed by atoms with E-state index in [0.717, 1.165) is 36.1 Å². The first kappa shape index (κ1) is 22.5. The van der Waals surface area contributed by atoms with Crippen molar-refractivity contribution in [3.63, 3.8) is 0 Å². The Kier molecular flexibility index (Phi) is 7.55. The van der Waals surface area contributed by atoms with Crippen LogP contribution in [0.2, 0.25) is 5.02 Å². The highest BCUT2D eigenvalue weighted by Crippen LogP contribution is 2.29. The van der Waals surface area contributed by atoms with Gasteiger partial charge in [0.15, 0.2) is 0 Å². The molecule has 0 spiro atoms. The molecule has 32 heavy (non-hydrogen) atoms. The quantitative estimate of drug-likeness (QED) is 0.489. The fourth-order valence-electron chi connectivity index (χ4n) is 4.13. The van der Waals surface area contributed by atoms with Crippen molar-refractivity contribution >= 4 is 34.8 Å². The summed E-state index contributed by atoms with van der Waals surface area (Å²) < 4.78 is 0. The van der Waals surface area contributed by atoms with Crippen LogP contribution in [0.4, 0.5) is 0 Å². The summed E-state index contributed by atoms with van der Waals surface area (Å²) in [5.74, 6) is -0.446. The third-order valence-corrected chi connectivity index (χ3v) is 6.86. The van der Waals surface area contributed by atoms with E-state index in [9.17, 15) is 9.59 Å². The summed E-state index contributed by atoms with van der Waals surface area (Å²) in [6.07, 6.45) is 6.96. The molecule has 0 radical (unpaired) electrons. The Morgan fingerprint density at radius 1 is 1.06 bits per heavy atom. The lowest BCUT2D eigenvalue weighted by Gasteiger charge is -2.33. The molecule has 2 amide bonds. The number of hydrogen-bond acceptors (Lipinski definition) is 4. The molecule has 2 aromatic heterocycles. The fourth-order valence-corrected chi connectivity index (χ4v) is 4.96. The molecule has 166 valence electrons. The molecule has 2 heterocycles. The number of nitrogens with zero attached hydrogens (tertiary/aromatic N) is 2. The van der Waals surface area contributed by atoms with Crippen LogP contribution < -0.4 is 5.32 Å². The lowest BCUT2D eigenvalue weighted by atomic mass is 9.94. The van der Waals surface area contributed by atoms with Crippen LogP contribution in [-0.4, -0.2) is 27.7 Å². The van der Waals surface area contributed by atoms with Crippen LogP contribution in [0.5, 0.6) is 0 Å². The van der Waals surface area contributed by atoms with E-state index in [0.29, 0.717) is 17.3 Å². The van der Waals surface area contributed by atoms with Crippen molar-refractivity contribution in [2.75, 3.05) is 0 Å². The fraction of sp³-hybridized carbons (Fsp3) is 0.320. The Morgan fingerprint density at radius 2 is 1.84 bits per heavy atom. The number of carbonyl (C=O) groups is 2. The zero-order chi connectivity index (χ0) is 22.3. The maximum absolute atomic E-state index is 13.6. The number of pyridine rings is 1. The van der Waals surface area contributed by atoms with Gasteiger partial charge in [0.2, 0.25) is 5.91 Å². The number of rotatable bonds is 7. The van der Waals surface area contributed by atoms with Gasteiger partial charge in [0, 0.05) is 22.1 Å². The second-order valence-corrected chi connectivity index (χ2v) is 9.49. The molecule has 5 nitrogen and oxygen atoms in total. The molecule has 1 aliphatic carbocycles. The number of thiophene rings is 1. The zero-order valence-electron chi connectivity index (χ0n) is 17.7. The van der Waals surface area contributed by atoms with Gasteiger partial charge >= 0.3 is 0 Å². The maximum atomic E-state index is 13.6. The zero-order valence-corrected chi connectivity index (χ0v) is 19.3. The number of amides is 2. The summed E-state index contributed by atoms with van der Waals surface area (Å²) in [5, 5.41) is 5.77. The van der Waals surface area contributed by atoms with Crippen LogP contribution >= 0.6 is 22.9 Å². The molecule has 0 aliphatic heterocycles. The Balaban J connectivity index is 1.71. The van der Waals surface area contributed by atoms with Crippen LogP contribution in [0.15, 0.2) is 66.2 Å². The molecule has 0 bridgehead atoms. The molecule has 1 aromatic carbocycles. The first-order valence-electron chi connectivity index (χ1n) is 10.9. The van der Waals surface area contributed by atoms with Gasteiger partial charge in [-0.3, -0.25) is 14.6 Å². The summed E-state index contributed by atoms with van der Waals surface area (Å²) in [4.78, 5) is 34.1. The van der Waals surface area contributed by atoms with E-state index in [4.69, 9.17) is 11.6 Å². The molecule has 3 aromatic rings. The Bertz CT molecular complexity index is 1020. The summed E-state index contributed by atoms with van der Waals surface area (Å²) in [6, 6.07) is 15.7. The van der Waals surface area contributed by atoms with E-state index in [1.54, 1.807) is 52.8 Å². The largest absolute Gasteiger partial charge is 0.351 e. The molecular weight excluding hydrogens is 442 g/mol. The molecule has 1 fully saturated rings. The van der Waals surface area contributed by atoms with Crippen LogP contribution in [0, 0.1) is 0 Å². The predicted octanol–water partition coefficient (Wildman–Crippen LogP) is 5.63. The normalized spacial score (nSPS) is 15.2. The average Bonchev–Trinajstić information content (AvgIpc) is 3.34. The second kappa shape index (κ2) is 10.7. The van der Waals surface area contributed by atoms with Crippen LogP contribution in [0.25, 0.3) is 0 Å². The molecule has 0 unspecified atom stereocenters. The minimum Gasteiger partial charge on any atom is -0.351 e. The van der Waals surface area contributed by atoms with Gasteiger partial charge in [-0.25, -0.2) is 0 Å². The lowest BCUT2D eigenvalue weighted by molar-refractivity contribution is -0.127. The standard InChI is InChI=1S/C25H26ClN3O2S/c26-19-13-11-18(12-14-19)23(24(30)28-20-7-2-1-3-8-20)29(17-21-9-6-16-32-21)25(31)22-10-4-5-15-27-22/h4-6,9-16,20,23H,1-3,7-8,17H2,(H,28,30)/t23-/m0/s1. The van der Waals surface area contributed by atoms with Gasteiger partial charge in [0.25, 0.3) is 5.91 Å². The molecule has 1 atom stereocenters. The molecule has 7 heteroatoms. The summed E-state index contributed by atoms with van der Waals surface area (Å²) in [6.45, 7) is 0.318. The van der Waals surface area contributed by atoms with Crippen molar-refractivity contribution in [3.05, 3.63) is 87.3 Å². The summed E-state index contributed by atoms with van der Waals surface area (Å²) in [7, 11) is 0. The van der Waals surface area contributed by atoms with Gasteiger partial charge in [0.05, 0.1) is 6.54 Å². The highest BCUT2D eigenvalue weighted by Gasteiger charge is 2.34. The van der Waals surface area contributed by atoms with Crippen LogP contribution in [-0.2, 0) is 11.3 Å². The minimum absolute atomic E-state index is 0.139. The van der Waals surface area contributed by atoms with E-state index in [-0.39, 0.29) is 17.9 Å². The van der Waals surface area contributed by atoms with Gasteiger partial charge in [0.1, 0.15) is 11.7 Å². The number of carbonyl (C=O) groups excluding carboxylic acids is 2. The van der Waals surface area contributed by atoms with E-state index in [1.807, 2.05) is 29.6 Å². The molecular formula is C25H26ClN3O2S. The van der Waals surface area contributed by atoms with Crippen LogP contribution in [0.3, 0.4) is 0 Å². The van der Waals surface area contributed by atoms with Gasteiger partial charge in [-0.05, 0) is 54.1 Å². The van der Waals surface area contributed by atoms with Crippen LogP contribution in [0.1, 0.15) is 59.1 Å². The van der Waals surface area contributed by atoms with Crippen molar-refractivity contribution in [3.8, 4) is 0 Å². The number of hydrogen-bond donors (Lipinski definition) is 1. The van der Waals surface area contributed by atoms with E-state index < -0.39 is 6.04 Å². The smallest absolute Gasteiger partial charge is 0.273 e. The first-order chi connectivity index (χ1) is 15.6. The minimum atomic E-state index is -0.786. The number of nitrogens with one attached hydrogen (secondary N) is 1. The lowest BCUT2D eigenvalue weighted by Crippen LogP contribution is -2.47. The van der Waals surface area contributed by atoms with Crippen molar-refractivity contribution in [1.82, 2.24) is 15.2 Å². The number of aromatic nitrogens is 1. The SMILES string of the molecule is O=C(NC1CCCCC1)[C@H](c1ccc(Cl)cc1)N(Cc1cccs1)C(=O)c1ccccn1. The highest BCUT2D eigenvalue weighted by atomic mass is 35.5. The Labute approximate surface area is 197 Å². The Hall–Kier alpha value is -2.70. The summed E-state index contributed by atoms with van der Waals surface area (Å²) >= 11 is 7.67. The predicted molar refractivity (Wildman–Crippen MR) is 128 cm³/mol. The average molecular weight is 468 g/mol. The van der Waals surface area contributed by atoms with E-state index >= 15 is 0 Å². The van der Waals surface area contributed by atoms with Gasteiger partial charge in [-0.15, -0.1) is 11.3 Å². The van der Waals surface area contributed by atoms with Crippen molar-refractivity contribution < 1.29 is 9.59 Å². The third kappa shape index (κ3) is 5.56. The van der Waals surface area contributed by atoms with Crippen molar-refractivity contribution in [2.45, 2.75) is 50.7 Å². The number of benzene rings is 1. The second-order valence-electron chi connectivity index (χ2n) is 8.03. The highest BCUT2D eigenvalue weighted by molar-refractivity contribution is 7.09. The Morgan fingerprint density at radius 3 is 2.50 bits per heavy atom. The van der Waals surface area contributed by atoms with E-state index in [2.05, 4.69) is 10.3 Å². The van der Waals surface area contributed by atoms with Gasteiger partial charge in [-0.1, -0.05) is 55.1 Å². The van der Waals surface area contributed by atoms with Crippen molar-refractivity contribution in [2.24, 2.45) is 0 Å².